The molecule has 1 heterocycles. The number of ether oxygens (including phenoxy) is 1. The molecule has 2 N–H and O–H groups in total. The van der Waals surface area contributed by atoms with Crippen LogP contribution in [0.1, 0.15) is 23.7 Å². The molecule has 0 radical (unpaired) electrons. The summed E-state index contributed by atoms with van der Waals surface area (Å²) in [5.41, 5.74) is -0.890. The lowest BCUT2D eigenvalue weighted by atomic mass is 10.0. The van der Waals surface area contributed by atoms with Crippen molar-refractivity contribution in [1.29, 1.82) is 0 Å². The number of fused-ring (bicyclic) bond motifs is 1. The minimum absolute atomic E-state index is 0.0224. The third-order valence-electron chi connectivity index (χ3n) is 4.36. The van der Waals surface area contributed by atoms with Crippen LogP contribution in [0.15, 0.2) is 36.4 Å². The zero-order valence-corrected chi connectivity index (χ0v) is 15.0. The van der Waals surface area contributed by atoms with Crippen molar-refractivity contribution in [1.82, 2.24) is 5.32 Å². The van der Waals surface area contributed by atoms with Gasteiger partial charge < -0.3 is 15.2 Å². The Kier molecular flexibility index (Phi) is 4.62. The van der Waals surface area contributed by atoms with Crippen LogP contribution in [0.4, 0.5) is 0 Å². The van der Waals surface area contributed by atoms with Crippen LogP contribution in [-0.2, 0) is 19.4 Å². The van der Waals surface area contributed by atoms with Gasteiger partial charge in [0.05, 0.1) is 17.0 Å². The zero-order chi connectivity index (χ0) is 18.9. The zero-order valence-electron chi connectivity index (χ0n) is 14.2. The molecular weight excluding hydrogens is 358 g/mol. The molecule has 26 heavy (non-hydrogen) atoms. The van der Waals surface area contributed by atoms with Gasteiger partial charge in [0, 0.05) is 0 Å². The minimum atomic E-state index is -3.16. The Hall–Kier alpha value is -2.61. The number of carbonyl (C=O) groups is 2. The number of esters is 1. The second-order valence-corrected chi connectivity index (χ2v) is 8.93. The number of nitrogens with one attached hydrogen (secondary N) is 1. The fraction of sp³-hybridized carbons (Fsp3) is 0.333. The summed E-state index contributed by atoms with van der Waals surface area (Å²) in [6.45, 7) is 1.09. The number of carbonyl (C=O) groups excluding carboxylic acids is 2. The average molecular weight is 377 g/mol. The second-order valence-electron chi connectivity index (χ2n) is 6.74. The van der Waals surface area contributed by atoms with Gasteiger partial charge in [-0.05, 0) is 36.2 Å². The van der Waals surface area contributed by atoms with E-state index in [1.165, 1.54) is 12.1 Å². The Morgan fingerprint density at radius 3 is 2.50 bits per heavy atom. The lowest BCUT2D eigenvalue weighted by molar-refractivity contribution is -0.125. The summed E-state index contributed by atoms with van der Waals surface area (Å²) in [5.74, 6) is -1.76. The van der Waals surface area contributed by atoms with Crippen LogP contribution in [0.3, 0.4) is 0 Å². The fourth-order valence-corrected chi connectivity index (χ4v) is 5.18. The molecular formula is C18H19NO6S. The SMILES string of the molecule is CC1(NC(=O)COC(=O)c2cc3ccccc3cc2O)CCS(=O)(=O)C1. The van der Waals surface area contributed by atoms with Crippen molar-refractivity contribution in [3.63, 3.8) is 0 Å². The first-order valence-corrected chi connectivity index (χ1v) is 9.90. The number of hydrogen-bond acceptors (Lipinski definition) is 6. The van der Waals surface area contributed by atoms with Gasteiger partial charge in [0.1, 0.15) is 11.3 Å². The molecule has 0 aliphatic carbocycles. The van der Waals surface area contributed by atoms with Gasteiger partial charge in [-0.25, -0.2) is 13.2 Å². The van der Waals surface area contributed by atoms with Gasteiger partial charge in [0.2, 0.25) is 0 Å². The van der Waals surface area contributed by atoms with E-state index in [1.54, 1.807) is 25.1 Å². The van der Waals surface area contributed by atoms with Crippen molar-refractivity contribution in [3.05, 3.63) is 42.0 Å². The van der Waals surface area contributed by atoms with Gasteiger partial charge in [-0.15, -0.1) is 0 Å². The number of rotatable bonds is 4. The molecule has 1 fully saturated rings. The molecule has 2 aromatic carbocycles. The summed E-state index contributed by atoms with van der Waals surface area (Å²) in [6.07, 6.45) is 0.320. The molecule has 0 saturated carbocycles. The molecule has 0 bridgehead atoms. The maximum atomic E-state index is 12.2. The summed E-state index contributed by atoms with van der Waals surface area (Å²) in [5, 5.41) is 14.1. The molecule has 1 unspecified atom stereocenters. The molecule has 1 aliphatic rings. The van der Waals surface area contributed by atoms with Crippen molar-refractivity contribution in [2.75, 3.05) is 18.1 Å². The normalized spacial score (nSPS) is 21.4. The molecule has 1 amide bonds. The van der Waals surface area contributed by atoms with E-state index in [4.69, 9.17) is 4.74 Å². The number of amides is 1. The van der Waals surface area contributed by atoms with Gasteiger partial charge in [0.15, 0.2) is 16.4 Å². The quantitative estimate of drug-likeness (QED) is 0.780. The van der Waals surface area contributed by atoms with E-state index in [2.05, 4.69) is 5.32 Å². The van der Waals surface area contributed by atoms with E-state index in [-0.39, 0.29) is 22.8 Å². The van der Waals surface area contributed by atoms with Gasteiger partial charge in [0.25, 0.3) is 5.91 Å². The predicted octanol–water partition coefficient (Wildman–Crippen LogP) is 1.40. The van der Waals surface area contributed by atoms with E-state index in [0.29, 0.717) is 6.42 Å². The molecule has 1 saturated heterocycles. The van der Waals surface area contributed by atoms with Crippen LogP contribution in [0.2, 0.25) is 0 Å². The number of hydrogen-bond donors (Lipinski definition) is 2. The van der Waals surface area contributed by atoms with Crippen LogP contribution in [0.5, 0.6) is 5.75 Å². The molecule has 138 valence electrons. The molecule has 2 aromatic rings. The van der Waals surface area contributed by atoms with E-state index >= 15 is 0 Å². The summed E-state index contributed by atoms with van der Waals surface area (Å²) in [7, 11) is -3.16. The standard InChI is InChI=1S/C18H19NO6S/c1-18(6-7-26(23,24)11-18)19-16(21)10-25-17(22)14-8-12-4-2-3-5-13(12)9-15(14)20/h2-5,8-9,20H,6-7,10-11H2,1H3,(H,19,21). The first-order chi connectivity index (χ1) is 12.2. The first-order valence-electron chi connectivity index (χ1n) is 8.08. The topological polar surface area (TPSA) is 110 Å². The van der Waals surface area contributed by atoms with Gasteiger partial charge in [-0.3, -0.25) is 4.79 Å². The van der Waals surface area contributed by atoms with Crippen LogP contribution < -0.4 is 5.32 Å². The number of phenols is 1. The van der Waals surface area contributed by atoms with E-state index in [9.17, 15) is 23.1 Å². The van der Waals surface area contributed by atoms with Crippen molar-refractivity contribution in [2.24, 2.45) is 0 Å². The molecule has 1 aliphatic heterocycles. The summed E-state index contributed by atoms with van der Waals surface area (Å²) in [6, 6.07) is 10.2. The highest BCUT2D eigenvalue weighted by atomic mass is 32.2. The van der Waals surface area contributed by atoms with Gasteiger partial charge in [-0.1, -0.05) is 24.3 Å². The number of phenolic OH excluding ortho intramolecular Hbond substituents is 1. The smallest absolute Gasteiger partial charge is 0.342 e. The van der Waals surface area contributed by atoms with Crippen molar-refractivity contribution >= 4 is 32.5 Å². The summed E-state index contributed by atoms with van der Waals surface area (Å²) >= 11 is 0. The highest BCUT2D eigenvalue weighted by molar-refractivity contribution is 7.91. The van der Waals surface area contributed by atoms with Gasteiger partial charge in [-0.2, -0.15) is 0 Å². The number of aromatic hydroxyl groups is 1. The maximum absolute atomic E-state index is 12.2. The largest absolute Gasteiger partial charge is 0.507 e. The minimum Gasteiger partial charge on any atom is -0.507 e. The van der Waals surface area contributed by atoms with Crippen molar-refractivity contribution in [2.45, 2.75) is 18.9 Å². The highest BCUT2D eigenvalue weighted by Gasteiger charge is 2.39. The van der Waals surface area contributed by atoms with Gasteiger partial charge >= 0.3 is 5.97 Å². The van der Waals surface area contributed by atoms with E-state index in [0.717, 1.165) is 10.8 Å². The predicted molar refractivity (Wildman–Crippen MR) is 95.7 cm³/mol. The van der Waals surface area contributed by atoms with Crippen LogP contribution in [-0.4, -0.2) is 49.1 Å². The monoisotopic (exact) mass is 377 g/mol. The average Bonchev–Trinajstić information content (AvgIpc) is 2.84. The molecule has 0 spiro atoms. The maximum Gasteiger partial charge on any atom is 0.342 e. The van der Waals surface area contributed by atoms with E-state index < -0.39 is 33.9 Å². The Bertz CT molecular complexity index is 984. The number of benzene rings is 2. The Morgan fingerprint density at radius 2 is 1.88 bits per heavy atom. The van der Waals surface area contributed by atoms with Crippen LogP contribution in [0.25, 0.3) is 10.8 Å². The fourth-order valence-electron chi connectivity index (χ4n) is 3.08. The third-order valence-corrected chi connectivity index (χ3v) is 6.27. The Labute approximate surface area is 150 Å². The Balaban J connectivity index is 1.64. The highest BCUT2D eigenvalue weighted by Crippen LogP contribution is 2.26. The van der Waals surface area contributed by atoms with Crippen molar-refractivity contribution < 1.29 is 27.9 Å². The molecule has 1 atom stereocenters. The van der Waals surface area contributed by atoms with E-state index in [1.807, 2.05) is 6.07 Å². The van der Waals surface area contributed by atoms with Crippen molar-refractivity contribution in [3.8, 4) is 5.75 Å². The third kappa shape index (κ3) is 3.96. The molecule has 3 rings (SSSR count). The number of sulfone groups is 1. The Morgan fingerprint density at radius 1 is 1.23 bits per heavy atom. The lowest BCUT2D eigenvalue weighted by Gasteiger charge is -2.23. The summed E-state index contributed by atoms with van der Waals surface area (Å²) < 4.78 is 28.1. The van der Waals surface area contributed by atoms with Crippen LogP contribution >= 0.6 is 0 Å². The lowest BCUT2D eigenvalue weighted by Crippen LogP contribution is -2.48. The summed E-state index contributed by atoms with van der Waals surface area (Å²) in [4.78, 5) is 24.2. The first kappa shape index (κ1) is 18.2. The molecule has 8 heteroatoms. The second kappa shape index (κ2) is 6.60. The molecule has 0 aromatic heterocycles. The van der Waals surface area contributed by atoms with Crippen LogP contribution in [0, 0.1) is 0 Å². The molecule has 7 nitrogen and oxygen atoms in total.